The van der Waals surface area contributed by atoms with Gasteiger partial charge in [-0.1, -0.05) is 20.8 Å². The molecule has 1 fully saturated rings. The quantitative estimate of drug-likeness (QED) is 0.753. The van der Waals surface area contributed by atoms with Crippen molar-refractivity contribution in [2.75, 3.05) is 45.9 Å². The van der Waals surface area contributed by atoms with Crippen LogP contribution in [0.1, 0.15) is 33.6 Å². The van der Waals surface area contributed by atoms with E-state index >= 15 is 0 Å². The number of amides is 2. The Balaban J connectivity index is 2.30. The molecule has 21 heavy (non-hydrogen) atoms. The van der Waals surface area contributed by atoms with Crippen LogP contribution in [0.15, 0.2) is 0 Å². The number of nitrogens with zero attached hydrogens (tertiary/aromatic N) is 2. The van der Waals surface area contributed by atoms with Gasteiger partial charge in [-0.3, -0.25) is 14.5 Å². The van der Waals surface area contributed by atoms with Gasteiger partial charge in [0.1, 0.15) is 0 Å². The van der Waals surface area contributed by atoms with Crippen molar-refractivity contribution < 1.29 is 14.7 Å². The van der Waals surface area contributed by atoms with E-state index in [2.05, 4.69) is 10.2 Å². The Morgan fingerprint density at radius 1 is 1.14 bits per heavy atom. The second kappa shape index (κ2) is 8.34. The molecule has 0 atom stereocenters. The van der Waals surface area contributed by atoms with Gasteiger partial charge in [-0.25, -0.2) is 0 Å². The van der Waals surface area contributed by atoms with Gasteiger partial charge in [0.05, 0.1) is 6.61 Å². The molecule has 0 aromatic heterocycles. The highest BCUT2D eigenvalue weighted by Gasteiger charge is 2.22. The molecule has 0 saturated carbocycles. The summed E-state index contributed by atoms with van der Waals surface area (Å²) in [6.45, 7) is 9.98. The Hall–Kier alpha value is -1.14. The molecule has 2 amide bonds. The first kappa shape index (κ1) is 17.9. The zero-order chi connectivity index (χ0) is 15.9. The number of nitrogens with one attached hydrogen (secondary N) is 1. The molecular formula is C15H29N3O3. The van der Waals surface area contributed by atoms with Crippen molar-refractivity contribution in [1.82, 2.24) is 15.1 Å². The van der Waals surface area contributed by atoms with Crippen LogP contribution in [0.4, 0.5) is 0 Å². The van der Waals surface area contributed by atoms with Crippen LogP contribution < -0.4 is 5.32 Å². The minimum Gasteiger partial charge on any atom is -0.395 e. The topological polar surface area (TPSA) is 72.9 Å². The molecule has 0 aromatic carbocycles. The van der Waals surface area contributed by atoms with Crippen molar-refractivity contribution in [3.63, 3.8) is 0 Å². The van der Waals surface area contributed by atoms with E-state index in [4.69, 9.17) is 5.11 Å². The highest BCUT2D eigenvalue weighted by atomic mass is 16.3. The summed E-state index contributed by atoms with van der Waals surface area (Å²) in [7, 11) is 0. The minimum atomic E-state index is -0.420. The lowest BCUT2D eigenvalue weighted by molar-refractivity contribution is -0.131. The number of aliphatic hydroxyl groups excluding tert-OH is 1. The molecule has 0 spiro atoms. The van der Waals surface area contributed by atoms with E-state index in [0.717, 1.165) is 26.1 Å². The average molecular weight is 299 g/mol. The molecule has 122 valence electrons. The molecule has 0 aliphatic carbocycles. The Labute approximate surface area is 127 Å². The molecule has 1 heterocycles. The number of carbonyl (C=O) groups excluding carboxylic acids is 2. The zero-order valence-electron chi connectivity index (χ0n) is 13.5. The largest absolute Gasteiger partial charge is 0.395 e. The second-order valence-corrected chi connectivity index (χ2v) is 6.56. The predicted molar refractivity (Wildman–Crippen MR) is 81.8 cm³/mol. The average Bonchev–Trinajstić information content (AvgIpc) is 2.63. The summed E-state index contributed by atoms with van der Waals surface area (Å²) in [6.07, 6.45) is 1.28. The van der Waals surface area contributed by atoms with E-state index in [-0.39, 0.29) is 18.4 Å². The van der Waals surface area contributed by atoms with Crippen molar-refractivity contribution in [1.29, 1.82) is 0 Å². The Morgan fingerprint density at radius 2 is 1.86 bits per heavy atom. The molecule has 1 saturated heterocycles. The fourth-order valence-corrected chi connectivity index (χ4v) is 2.29. The maximum Gasteiger partial charge on any atom is 0.225 e. The van der Waals surface area contributed by atoms with Gasteiger partial charge in [0.15, 0.2) is 0 Å². The highest BCUT2D eigenvalue weighted by molar-refractivity contribution is 5.82. The van der Waals surface area contributed by atoms with Crippen LogP contribution in [0.5, 0.6) is 0 Å². The van der Waals surface area contributed by atoms with Crippen molar-refractivity contribution >= 4 is 11.8 Å². The summed E-state index contributed by atoms with van der Waals surface area (Å²) < 4.78 is 0. The molecule has 1 aliphatic heterocycles. The molecule has 2 N–H and O–H groups in total. The summed E-state index contributed by atoms with van der Waals surface area (Å²) in [5.41, 5.74) is -0.420. The van der Waals surface area contributed by atoms with Crippen molar-refractivity contribution in [3.8, 4) is 0 Å². The summed E-state index contributed by atoms with van der Waals surface area (Å²) in [5, 5.41) is 11.8. The van der Waals surface area contributed by atoms with E-state index in [1.165, 1.54) is 0 Å². The van der Waals surface area contributed by atoms with E-state index in [1.807, 2.05) is 25.7 Å². The van der Waals surface area contributed by atoms with Gasteiger partial charge in [-0.05, 0) is 13.0 Å². The number of hydrogen-bond acceptors (Lipinski definition) is 4. The summed E-state index contributed by atoms with van der Waals surface area (Å²) >= 11 is 0. The zero-order valence-corrected chi connectivity index (χ0v) is 13.5. The molecular weight excluding hydrogens is 270 g/mol. The summed E-state index contributed by atoms with van der Waals surface area (Å²) in [4.78, 5) is 27.9. The predicted octanol–water partition coefficient (Wildman–Crippen LogP) is 0.0654. The first-order valence-corrected chi connectivity index (χ1v) is 7.74. The number of hydrogen-bond donors (Lipinski definition) is 2. The van der Waals surface area contributed by atoms with Crippen molar-refractivity contribution in [2.24, 2.45) is 5.41 Å². The summed E-state index contributed by atoms with van der Waals surface area (Å²) in [5.74, 6) is 0.0651. The standard InChI is InChI=1S/C15H29N3O3/c1-15(2,3)14(21)16-6-5-13(20)18-8-4-7-17(9-10-18)11-12-19/h19H,4-12H2,1-3H3,(H,16,21). The molecule has 0 radical (unpaired) electrons. The van der Waals surface area contributed by atoms with Gasteiger partial charge >= 0.3 is 0 Å². The maximum atomic E-state index is 12.2. The monoisotopic (exact) mass is 299 g/mol. The van der Waals surface area contributed by atoms with Crippen molar-refractivity contribution in [2.45, 2.75) is 33.6 Å². The minimum absolute atomic E-state index is 0.0275. The van der Waals surface area contributed by atoms with Gasteiger partial charge in [-0.15, -0.1) is 0 Å². The van der Waals surface area contributed by atoms with Crippen LogP contribution in [0, 0.1) is 5.41 Å². The molecule has 0 bridgehead atoms. The lowest BCUT2D eigenvalue weighted by Crippen LogP contribution is -2.39. The number of β-amino-alcohol motifs (C(OH)–C–C–N with tert-alkyl or cyclic N) is 1. The Kier molecular flexibility index (Phi) is 7.11. The van der Waals surface area contributed by atoms with Crippen molar-refractivity contribution in [3.05, 3.63) is 0 Å². The Morgan fingerprint density at radius 3 is 2.48 bits per heavy atom. The first-order valence-electron chi connectivity index (χ1n) is 7.74. The van der Waals surface area contributed by atoms with Crippen LogP contribution >= 0.6 is 0 Å². The van der Waals surface area contributed by atoms with E-state index in [0.29, 0.717) is 26.1 Å². The van der Waals surface area contributed by atoms with Crippen LogP contribution in [-0.4, -0.2) is 72.6 Å². The Bertz CT molecular complexity index is 353. The van der Waals surface area contributed by atoms with Gasteiger partial charge in [0.2, 0.25) is 11.8 Å². The SMILES string of the molecule is CC(C)(C)C(=O)NCCC(=O)N1CCCN(CCO)CC1. The van der Waals surface area contributed by atoms with Gasteiger partial charge < -0.3 is 15.3 Å². The lowest BCUT2D eigenvalue weighted by Gasteiger charge is -2.22. The fourth-order valence-electron chi connectivity index (χ4n) is 2.29. The second-order valence-electron chi connectivity index (χ2n) is 6.56. The smallest absolute Gasteiger partial charge is 0.225 e. The normalized spacial score (nSPS) is 17.4. The van der Waals surface area contributed by atoms with Gasteiger partial charge in [-0.2, -0.15) is 0 Å². The third kappa shape index (κ3) is 6.44. The van der Waals surface area contributed by atoms with Crippen LogP contribution in [0.2, 0.25) is 0 Å². The molecule has 6 heteroatoms. The van der Waals surface area contributed by atoms with E-state index in [9.17, 15) is 9.59 Å². The van der Waals surface area contributed by atoms with Crippen LogP contribution in [0.25, 0.3) is 0 Å². The first-order chi connectivity index (χ1) is 9.84. The molecule has 0 unspecified atom stereocenters. The third-order valence-electron chi connectivity index (χ3n) is 3.66. The number of carbonyl (C=O) groups is 2. The molecule has 0 aromatic rings. The van der Waals surface area contributed by atoms with Crippen LogP contribution in [0.3, 0.4) is 0 Å². The molecule has 6 nitrogen and oxygen atoms in total. The lowest BCUT2D eigenvalue weighted by atomic mass is 9.96. The van der Waals surface area contributed by atoms with Gasteiger partial charge in [0.25, 0.3) is 0 Å². The van der Waals surface area contributed by atoms with Gasteiger partial charge in [0, 0.05) is 44.6 Å². The highest BCUT2D eigenvalue weighted by Crippen LogP contribution is 2.12. The van der Waals surface area contributed by atoms with E-state index in [1.54, 1.807) is 0 Å². The van der Waals surface area contributed by atoms with E-state index < -0.39 is 5.41 Å². The third-order valence-corrected chi connectivity index (χ3v) is 3.66. The van der Waals surface area contributed by atoms with Crippen LogP contribution in [-0.2, 0) is 9.59 Å². The molecule has 1 aliphatic rings. The number of rotatable bonds is 5. The summed E-state index contributed by atoms with van der Waals surface area (Å²) in [6, 6.07) is 0. The fraction of sp³-hybridized carbons (Fsp3) is 0.867. The number of aliphatic hydroxyl groups is 1. The molecule has 1 rings (SSSR count). The maximum absolute atomic E-state index is 12.2.